The molecule has 0 aromatic heterocycles. The number of benzene rings is 2. The molecular formula is C14H16B2O7. The molecular weight excluding hydrogens is 302 g/mol. The standard InChI is InChI=1S/C14H16B2O7/c17-13-7-3-1-5-11(13)9-21-16(23-15(19)20)22-10-12-6-2-4-8-14(12)18/h1-8,17-20H,9-10H2. The molecule has 9 heteroatoms. The van der Waals surface area contributed by atoms with Crippen molar-refractivity contribution in [1.82, 2.24) is 0 Å². The van der Waals surface area contributed by atoms with Crippen molar-refractivity contribution in [3.63, 3.8) is 0 Å². The predicted molar refractivity (Wildman–Crippen MR) is 82.8 cm³/mol. The summed E-state index contributed by atoms with van der Waals surface area (Å²) in [6.07, 6.45) is 0. The Morgan fingerprint density at radius 3 is 1.57 bits per heavy atom. The summed E-state index contributed by atoms with van der Waals surface area (Å²) < 4.78 is 15.2. The number of phenols is 2. The van der Waals surface area contributed by atoms with Crippen molar-refractivity contribution in [2.24, 2.45) is 0 Å². The van der Waals surface area contributed by atoms with Gasteiger partial charge in [0.05, 0.1) is 13.2 Å². The average Bonchev–Trinajstić information content (AvgIpc) is 2.52. The van der Waals surface area contributed by atoms with E-state index < -0.39 is 14.6 Å². The molecule has 0 atom stereocenters. The van der Waals surface area contributed by atoms with E-state index >= 15 is 0 Å². The van der Waals surface area contributed by atoms with Crippen molar-refractivity contribution < 1.29 is 34.1 Å². The van der Waals surface area contributed by atoms with Crippen LogP contribution in [-0.2, 0) is 27.1 Å². The van der Waals surface area contributed by atoms with Crippen molar-refractivity contribution in [3.8, 4) is 11.5 Å². The van der Waals surface area contributed by atoms with Crippen molar-refractivity contribution >= 4 is 14.6 Å². The molecule has 0 heterocycles. The normalized spacial score (nSPS) is 10.5. The lowest BCUT2D eigenvalue weighted by atomic mass is 10.1. The molecule has 7 nitrogen and oxygen atoms in total. The molecule has 2 aromatic rings. The summed E-state index contributed by atoms with van der Waals surface area (Å²) in [5, 5.41) is 37.1. The van der Waals surface area contributed by atoms with Gasteiger partial charge in [-0.25, -0.2) is 0 Å². The molecule has 0 aliphatic carbocycles. The highest BCUT2D eigenvalue weighted by molar-refractivity contribution is 6.50. The first-order valence-electron chi connectivity index (χ1n) is 6.85. The molecule has 120 valence electrons. The first-order chi connectivity index (χ1) is 11.1. The monoisotopic (exact) mass is 318 g/mol. The van der Waals surface area contributed by atoms with E-state index in [0.717, 1.165) is 0 Å². The van der Waals surface area contributed by atoms with Gasteiger partial charge in [0.25, 0.3) is 0 Å². The molecule has 0 saturated heterocycles. The molecule has 0 amide bonds. The molecule has 2 rings (SSSR count). The third-order valence-electron chi connectivity index (χ3n) is 2.97. The first-order valence-corrected chi connectivity index (χ1v) is 6.85. The van der Waals surface area contributed by atoms with Crippen molar-refractivity contribution in [1.29, 1.82) is 0 Å². The van der Waals surface area contributed by atoms with E-state index in [9.17, 15) is 10.2 Å². The molecule has 0 aliphatic heterocycles. The van der Waals surface area contributed by atoms with Gasteiger partial charge in [0, 0.05) is 11.1 Å². The highest BCUT2D eigenvalue weighted by atomic mass is 16.8. The van der Waals surface area contributed by atoms with Gasteiger partial charge in [0.1, 0.15) is 11.5 Å². The Labute approximate surface area is 134 Å². The zero-order chi connectivity index (χ0) is 16.7. The van der Waals surface area contributed by atoms with E-state index in [1.807, 2.05) is 0 Å². The molecule has 0 bridgehead atoms. The maximum Gasteiger partial charge on any atom is 0.627 e. The van der Waals surface area contributed by atoms with Crippen molar-refractivity contribution in [3.05, 3.63) is 59.7 Å². The van der Waals surface area contributed by atoms with Gasteiger partial charge < -0.3 is 34.1 Å². The second-order valence-corrected chi connectivity index (χ2v) is 4.63. The lowest BCUT2D eigenvalue weighted by Gasteiger charge is -2.15. The van der Waals surface area contributed by atoms with Gasteiger partial charge in [-0.15, -0.1) is 0 Å². The van der Waals surface area contributed by atoms with Gasteiger partial charge in [-0.2, -0.15) is 0 Å². The second kappa shape index (κ2) is 8.56. The average molecular weight is 318 g/mol. The van der Waals surface area contributed by atoms with Gasteiger partial charge in [0.15, 0.2) is 0 Å². The van der Waals surface area contributed by atoms with Crippen LogP contribution in [0.4, 0.5) is 0 Å². The zero-order valence-electron chi connectivity index (χ0n) is 12.2. The molecule has 4 N–H and O–H groups in total. The van der Waals surface area contributed by atoms with Crippen LogP contribution in [0.25, 0.3) is 0 Å². The lowest BCUT2D eigenvalue weighted by molar-refractivity contribution is 0.105. The van der Waals surface area contributed by atoms with Gasteiger partial charge in [0.2, 0.25) is 0 Å². The van der Waals surface area contributed by atoms with E-state index in [4.69, 9.17) is 19.4 Å². The minimum absolute atomic E-state index is 0.0384. The maximum absolute atomic E-state index is 9.66. The Morgan fingerprint density at radius 2 is 1.17 bits per heavy atom. The summed E-state index contributed by atoms with van der Waals surface area (Å²) in [5.41, 5.74) is 0.972. The van der Waals surface area contributed by atoms with Gasteiger partial charge >= 0.3 is 14.6 Å². The Hall–Kier alpha value is -2.03. The van der Waals surface area contributed by atoms with Crippen LogP contribution in [0.3, 0.4) is 0 Å². The highest BCUT2D eigenvalue weighted by Crippen LogP contribution is 2.19. The Morgan fingerprint density at radius 1 is 0.739 bits per heavy atom. The molecule has 2 aromatic carbocycles. The van der Waals surface area contributed by atoms with E-state index in [-0.39, 0.29) is 24.7 Å². The van der Waals surface area contributed by atoms with Crippen LogP contribution in [0.15, 0.2) is 48.5 Å². The third-order valence-corrected chi connectivity index (χ3v) is 2.97. The fourth-order valence-electron chi connectivity index (χ4n) is 1.81. The number of para-hydroxylation sites is 2. The quantitative estimate of drug-likeness (QED) is 0.533. The van der Waals surface area contributed by atoms with E-state index in [0.29, 0.717) is 11.1 Å². The van der Waals surface area contributed by atoms with Crippen LogP contribution in [0.2, 0.25) is 0 Å². The van der Waals surface area contributed by atoms with Crippen LogP contribution >= 0.6 is 0 Å². The number of hydrogen-bond acceptors (Lipinski definition) is 7. The molecule has 0 unspecified atom stereocenters. The van der Waals surface area contributed by atoms with Crippen LogP contribution in [0.1, 0.15) is 11.1 Å². The van der Waals surface area contributed by atoms with Crippen molar-refractivity contribution in [2.75, 3.05) is 0 Å². The molecule has 0 aliphatic rings. The largest absolute Gasteiger partial charge is 0.627 e. The first kappa shape index (κ1) is 17.3. The minimum atomic E-state index is -2.09. The smallest absolute Gasteiger partial charge is 0.508 e. The molecule has 0 spiro atoms. The van der Waals surface area contributed by atoms with Crippen molar-refractivity contribution in [2.45, 2.75) is 13.2 Å². The number of rotatable bonds is 8. The Kier molecular flexibility index (Phi) is 6.45. The lowest BCUT2D eigenvalue weighted by Crippen LogP contribution is -2.34. The van der Waals surface area contributed by atoms with Gasteiger partial charge in [-0.3, -0.25) is 0 Å². The summed E-state index contributed by atoms with van der Waals surface area (Å²) >= 11 is 0. The number of hydrogen-bond donors (Lipinski definition) is 4. The van der Waals surface area contributed by atoms with Gasteiger partial charge in [-0.1, -0.05) is 36.4 Å². The van der Waals surface area contributed by atoms with Crippen LogP contribution in [0.5, 0.6) is 11.5 Å². The SMILES string of the molecule is OB(O)OB(OCc1ccccc1O)OCc1ccccc1O. The summed E-state index contributed by atoms with van der Waals surface area (Å²) in [7, 11) is -3.48. The minimum Gasteiger partial charge on any atom is -0.508 e. The maximum atomic E-state index is 9.66. The fraction of sp³-hybridized carbons (Fsp3) is 0.143. The highest BCUT2D eigenvalue weighted by Gasteiger charge is 2.28. The van der Waals surface area contributed by atoms with E-state index in [2.05, 4.69) is 4.57 Å². The van der Waals surface area contributed by atoms with Crippen LogP contribution < -0.4 is 0 Å². The topological polar surface area (TPSA) is 109 Å². The summed E-state index contributed by atoms with van der Waals surface area (Å²) in [6, 6.07) is 13.1. The summed E-state index contributed by atoms with van der Waals surface area (Å²) in [4.78, 5) is 0. The Balaban J connectivity index is 1.94. The summed E-state index contributed by atoms with van der Waals surface area (Å²) in [5.74, 6) is 0.0769. The van der Waals surface area contributed by atoms with Gasteiger partial charge in [-0.05, 0) is 12.1 Å². The third kappa shape index (κ3) is 5.59. The van der Waals surface area contributed by atoms with Crippen LogP contribution in [-0.4, -0.2) is 34.9 Å². The second-order valence-electron chi connectivity index (χ2n) is 4.63. The number of phenolic OH excluding ortho intramolecular Hbond substituents is 2. The molecule has 0 fully saturated rings. The molecule has 0 radical (unpaired) electrons. The van der Waals surface area contributed by atoms with E-state index in [1.165, 1.54) is 12.1 Å². The predicted octanol–water partition coefficient (Wildman–Crippen LogP) is 0.802. The summed E-state index contributed by atoms with van der Waals surface area (Å²) in [6.45, 7) is -0.129. The van der Waals surface area contributed by atoms with E-state index in [1.54, 1.807) is 36.4 Å². The fourth-order valence-corrected chi connectivity index (χ4v) is 1.81. The number of aromatic hydroxyl groups is 2. The Bertz CT molecular complexity index is 574. The molecule has 23 heavy (non-hydrogen) atoms. The van der Waals surface area contributed by atoms with Crippen LogP contribution in [0, 0.1) is 0 Å². The molecule has 0 saturated carbocycles. The zero-order valence-corrected chi connectivity index (χ0v) is 12.2.